The van der Waals surface area contributed by atoms with E-state index < -0.39 is 0 Å². The summed E-state index contributed by atoms with van der Waals surface area (Å²) in [5.74, 6) is 5.60. The average molecular weight is 389 g/mol. The summed E-state index contributed by atoms with van der Waals surface area (Å²) in [7, 11) is 0. The van der Waals surface area contributed by atoms with Crippen LogP contribution in [0.15, 0.2) is 0 Å². The third-order valence-electron chi connectivity index (χ3n) is 10.8. The third kappa shape index (κ3) is 3.40. The highest BCUT2D eigenvalue weighted by Crippen LogP contribution is 2.68. The smallest absolute Gasteiger partial charge is 0.0577 e. The first-order chi connectivity index (χ1) is 13.3. The predicted molar refractivity (Wildman–Crippen MR) is 119 cm³/mol. The summed E-state index contributed by atoms with van der Waals surface area (Å²) in [5.41, 5.74) is 1.03. The first kappa shape index (κ1) is 21.2. The van der Waals surface area contributed by atoms with Crippen LogP contribution in [0, 0.1) is 52.3 Å². The molecule has 0 aromatic heterocycles. The van der Waals surface area contributed by atoms with E-state index in [1.54, 1.807) is 0 Å². The maximum absolute atomic E-state index is 11.3. The van der Waals surface area contributed by atoms with E-state index in [0.717, 1.165) is 41.9 Å². The highest BCUT2D eigenvalue weighted by molar-refractivity contribution is 5.11. The topological polar surface area (TPSA) is 20.2 Å². The van der Waals surface area contributed by atoms with Crippen molar-refractivity contribution in [2.45, 2.75) is 118 Å². The Balaban J connectivity index is 1.50. The number of fused-ring (bicyclic) bond motifs is 5. The van der Waals surface area contributed by atoms with E-state index in [1.165, 1.54) is 70.6 Å². The van der Waals surface area contributed by atoms with E-state index in [2.05, 4.69) is 34.6 Å². The number of aliphatic hydroxyl groups excluding tert-OH is 1. The Labute approximate surface area is 175 Å². The van der Waals surface area contributed by atoms with Crippen molar-refractivity contribution in [3.63, 3.8) is 0 Å². The van der Waals surface area contributed by atoms with Gasteiger partial charge >= 0.3 is 0 Å². The van der Waals surface area contributed by atoms with Crippen molar-refractivity contribution in [1.29, 1.82) is 0 Å². The van der Waals surface area contributed by atoms with Crippen molar-refractivity contribution in [2.75, 3.05) is 0 Å². The summed E-state index contributed by atoms with van der Waals surface area (Å²) in [6, 6.07) is 0. The van der Waals surface area contributed by atoms with Crippen LogP contribution in [-0.4, -0.2) is 11.2 Å². The number of hydrogen-bond donors (Lipinski definition) is 1. The molecule has 1 nitrogen and oxygen atoms in total. The molecule has 0 amide bonds. The standard InChI is InChI=1S/C27H48O/c1-18(2)9-8-10-19(3)21-12-13-22-25-23(14-16-27(21,22)5)26(4)15-7-6-11-20(26)17-24(25)28/h18-25,28H,6-17H2,1-5H3/t19-,20-,21-,22-,23+,24+,25+,26+,27-/m1/s1. The van der Waals surface area contributed by atoms with Crippen molar-refractivity contribution in [2.24, 2.45) is 52.3 Å². The van der Waals surface area contributed by atoms with E-state index in [4.69, 9.17) is 0 Å². The van der Waals surface area contributed by atoms with Crippen LogP contribution in [0.2, 0.25) is 0 Å². The molecular formula is C27H48O. The summed E-state index contributed by atoms with van der Waals surface area (Å²) >= 11 is 0. The minimum atomic E-state index is -0.0132. The van der Waals surface area contributed by atoms with Gasteiger partial charge in [0.15, 0.2) is 0 Å². The fourth-order valence-electron chi connectivity index (χ4n) is 9.28. The van der Waals surface area contributed by atoms with Gasteiger partial charge in [-0.3, -0.25) is 0 Å². The molecule has 28 heavy (non-hydrogen) atoms. The highest BCUT2D eigenvalue weighted by atomic mass is 16.3. The summed E-state index contributed by atoms with van der Waals surface area (Å²) < 4.78 is 0. The van der Waals surface area contributed by atoms with Crippen molar-refractivity contribution >= 4 is 0 Å². The molecule has 0 unspecified atom stereocenters. The number of aliphatic hydroxyl groups is 1. The van der Waals surface area contributed by atoms with Crippen molar-refractivity contribution in [3.05, 3.63) is 0 Å². The second-order valence-corrected chi connectivity index (χ2v) is 12.6. The molecular weight excluding hydrogens is 340 g/mol. The van der Waals surface area contributed by atoms with E-state index in [1.807, 2.05) is 0 Å². The lowest BCUT2D eigenvalue weighted by Gasteiger charge is -2.62. The molecule has 0 radical (unpaired) electrons. The van der Waals surface area contributed by atoms with Crippen LogP contribution in [0.4, 0.5) is 0 Å². The van der Waals surface area contributed by atoms with Crippen LogP contribution in [0.5, 0.6) is 0 Å². The molecule has 4 aliphatic rings. The first-order valence-electron chi connectivity index (χ1n) is 13.0. The fraction of sp³-hybridized carbons (Fsp3) is 1.00. The lowest BCUT2D eigenvalue weighted by molar-refractivity contribution is -0.164. The molecule has 1 heteroatoms. The number of rotatable bonds is 5. The molecule has 4 rings (SSSR count). The molecule has 4 fully saturated rings. The normalized spacial score (nSPS) is 49.4. The van der Waals surface area contributed by atoms with Gasteiger partial charge in [-0.15, -0.1) is 0 Å². The Hall–Kier alpha value is -0.0400. The molecule has 162 valence electrons. The fourth-order valence-corrected chi connectivity index (χ4v) is 9.28. The molecule has 4 saturated carbocycles. The maximum Gasteiger partial charge on any atom is 0.0577 e. The molecule has 0 aliphatic heterocycles. The summed E-state index contributed by atoms with van der Waals surface area (Å²) in [6.45, 7) is 12.6. The van der Waals surface area contributed by atoms with E-state index in [0.29, 0.717) is 16.7 Å². The van der Waals surface area contributed by atoms with Gasteiger partial charge in [0.05, 0.1) is 6.10 Å². The Bertz CT molecular complexity index is 540. The van der Waals surface area contributed by atoms with Gasteiger partial charge in [-0.1, -0.05) is 66.7 Å². The second-order valence-electron chi connectivity index (χ2n) is 12.6. The Morgan fingerprint density at radius 1 is 0.857 bits per heavy atom. The van der Waals surface area contributed by atoms with Gasteiger partial charge in [0.25, 0.3) is 0 Å². The largest absolute Gasteiger partial charge is 0.393 e. The quantitative estimate of drug-likeness (QED) is 0.518. The molecule has 0 bridgehead atoms. The van der Waals surface area contributed by atoms with Crippen LogP contribution in [0.3, 0.4) is 0 Å². The van der Waals surface area contributed by atoms with Gasteiger partial charge < -0.3 is 5.11 Å². The monoisotopic (exact) mass is 388 g/mol. The minimum Gasteiger partial charge on any atom is -0.393 e. The molecule has 9 atom stereocenters. The zero-order valence-electron chi connectivity index (χ0n) is 19.6. The summed E-state index contributed by atoms with van der Waals surface area (Å²) in [4.78, 5) is 0. The van der Waals surface area contributed by atoms with Gasteiger partial charge in [-0.05, 0) is 97.2 Å². The number of hydrogen-bond acceptors (Lipinski definition) is 1. The van der Waals surface area contributed by atoms with Crippen LogP contribution in [0.25, 0.3) is 0 Å². The molecule has 0 spiro atoms. The molecule has 0 heterocycles. The van der Waals surface area contributed by atoms with E-state index >= 15 is 0 Å². The first-order valence-corrected chi connectivity index (χ1v) is 13.0. The van der Waals surface area contributed by atoms with Crippen molar-refractivity contribution < 1.29 is 5.11 Å². The van der Waals surface area contributed by atoms with Crippen LogP contribution in [-0.2, 0) is 0 Å². The van der Waals surface area contributed by atoms with E-state index in [9.17, 15) is 5.11 Å². The van der Waals surface area contributed by atoms with Crippen LogP contribution >= 0.6 is 0 Å². The molecule has 0 saturated heterocycles. The molecule has 0 aromatic rings. The zero-order chi connectivity index (χ0) is 20.1. The lowest BCUT2D eigenvalue weighted by Crippen LogP contribution is -2.57. The van der Waals surface area contributed by atoms with Gasteiger partial charge in [-0.25, -0.2) is 0 Å². The van der Waals surface area contributed by atoms with Gasteiger partial charge in [0, 0.05) is 0 Å². The molecule has 0 aromatic carbocycles. The maximum atomic E-state index is 11.3. The van der Waals surface area contributed by atoms with Crippen LogP contribution in [0.1, 0.15) is 112 Å². The van der Waals surface area contributed by atoms with E-state index in [-0.39, 0.29) is 6.10 Å². The van der Waals surface area contributed by atoms with Crippen molar-refractivity contribution in [3.8, 4) is 0 Å². The van der Waals surface area contributed by atoms with Gasteiger partial charge in [0.1, 0.15) is 0 Å². The Kier molecular flexibility index (Phi) is 5.98. The van der Waals surface area contributed by atoms with Gasteiger partial charge in [-0.2, -0.15) is 0 Å². The van der Waals surface area contributed by atoms with Crippen LogP contribution < -0.4 is 0 Å². The highest BCUT2D eigenvalue weighted by Gasteiger charge is 2.62. The SMILES string of the molecule is CC(C)CCC[C@@H](C)[C@H]1CC[C@@H]2[C@@H]3[C@@H](O)C[C@H]4CCCC[C@]4(C)[C@H]3CC[C@@]21C. The summed E-state index contributed by atoms with van der Waals surface area (Å²) in [6.07, 6.45) is 16.6. The lowest BCUT2D eigenvalue weighted by atomic mass is 9.44. The minimum absolute atomic E-state index is 0.0132. The Morgan fingerprint density at radius 3 is 2.36 bits per heavy atom. The average Bonchev–Trinajstić information content (AvgIpc) is 2.99. The van der Waals surface area contributed by atoms with Gasteiger partial charge in [0.2, 0.25) is 0 Å². The molecule has 4 aliphatic carbocycles. The van der Waals surface area contributed by atoms with Crippen molar-refractivity contribution in [1.82, 2.24) is 0 Å². The second kappa shape index (κ2) is 7.90. The zero-order valence-corrected chi connectivity index (χ0v) is 19.6. The predicted octanol–water partition coefficient (Wildman–Crippen LogP) is 7.47. The third-order valence-corrected chi connectivity index (χ3v) is 10.8. The Morgan fingerprint density at radius 2 is 1.61 bits per heavy atom. The molecule has 1 N–H and O–H groups in total. The summed E-state index contributed by atoms with van der Waals surface area (Å²) in [5, 5.41) is 11.3.